The lowest BCUT2D eigenvalue weighted by atomic mass is 9.92. The summed E-state index contributed by atoms with van der Waals surface area (Å²) < 4.78 is 0. The third-order valence-electron chi connectivity index (χ3n) is 3.98. The summed E-state index contributed by atoms with van der Waals surface area (Å²) in [5, 5.41) is 9.36. The van der Waals surface area contributed by atoms with Gasteiger partial charge in [-0.25, -0.2) is 0 Å². The predicted molar refractivity (Wildman–Crippen MR) is 91.4 cm³/mol. The quantitative estimate of drug-likeness (QED) is 0.737. The fourth-order valence-electron chi connectivity index (χ4n) is 2.56. The van der Waals surface area contributed by atoms with E-state index in [9.17, 15) is 14.7 Å². The Kier molecular flexibility index (Phi) is 6.63. The van der Waals surface area contributed by atoms with Crippen molar-refractivity contribution in [3.63, 3.8) is 0 Å². The highest BCUT2D eigenvalue weighted by Gasteiger charge is 2.24. The van der Waals surface area contributed by atoms with Gasteiger partial charge in [-0.2, -0.15) is 0 Å². The standard InChI is InChI=1S/C19H22N2O3/c20-17(12-14-6-2-1-3-7-14)18(22)13-15(19(23)24)9-10-16-8-4-5-11-21-16/h1-8,11,15,17H,9-10,12-13,20H2,(H,23,24). The molecule has 1 aromatic heterocycles. The highest BCUT2D eigenvalue weighted by molar-refractivity contribution is 5.87. The van der Waals surface area contributed by atoms with E-state index < -0.39 is 17.9 Å². The second-order valence-electron chi connectivity index (χ2n) is 5.86. The third kappa shape index (κ3) is 5.59. The minimum absolute atomic E-state index is 0.0455. The average molecular weight is 326 g/mol. The molecule has 2 aromatic rings. The summed E-state index contributed by atoms with van der Waals surface area (Å²) in [5.41, 5.74) is 7.75. The lowest BCUT2D eigenvalue weighted by molar-refractivity contribution is -0.144. The molecule has 2 rings (SSSR count). The third-order valence-corrected chi connectivity index (χ3v) is 3.98. The van der Waals surface area contributed by atoms with Crippen LogP contribution in [0.1, 0.15) is 24.1 Å². The second kappa shape index (κ2) is 8.93. The Morgan fingerprint density at radius 3 is 2.42 bits per heavy atom. The van der Waals surface area contributed by atoms with E-state index in [2.05, 4.69) is 4.98 Å². The minimum atomic E-state index is -0.966. The van der Waals surface area contributed by atoms with E-state index in [1.807, 2.05) is 48.5 Å². The summed E-state index contributed by atoms with van der Waals surface area (Å²) in [5.74, 6) is -1.92. The van der Waals surface area contributed by atoms with Crippen molar-refractivity contribution in [1.29, 1.82) is 0 Å². The Hall–Kier alpha value is -2.53. The highest BCUT2D eigenvalue weighted by atomic mass is 16.4. The summed E-state index contributed by atoms with van der Waals surface area (Å²) in [7, 11) is 0. The molecule has 24 heavy (non-hydrogen) atoms. The first kappa shape index (κ1) is 17.8. The number of rotatable bonds is 9. The van der Waals surface area contributed by atoms with Crippen LogP contribution in [0.4, 0.5) is 0 Å². The molecule has 3 N–H and O–H groups in total. The number of hydrogen-bond donors (Lipinski definition) is 2. The van der Waals surface area contributed by atoms with Crippen LogP contribution in [0.2, 0.25) is 0 Å². The maximum Gasteiger partial charge on any atom is 0.306 e. The van der Waals surface area contributed by atoms with Gasteiger partial charge in [0, 0.05) is 18.3 Å². The van der Waals surface area contributed by atoms with Crippen LogP contribution in [0.25, 0.3) is 0 Å². The molecule has 0 bridgehead atoms. The van der Waals surface area contributed by atoms with Crippen LogP contribution in [-0.4, -0.2) is 27.9 Å². The SMILES string of the molecule is NC(Cc1ccccc1)C(=O)CC(CCc1ccccn1)C(=O)O. The van der Waals surface area contributed by atoms with Gasteiger partial charge in [-0.3, -0.25) is 14.6 Å². The molecule has 0 aliphatic carbocycles. The molecule has 0 spiro atoms. The van der Waals surface area contributed by atoms with Crippen molar-refractivity contribution < 1.29 is 14.7 Å². The number of pyridine rings is 1. The van der Waals surface area contributed by atoms with Crippen LogP contribution in [0.15, 0.2) is 54.7 Å². The van der Waals surface area contributed by atoms with Gasteiger partial charge >= 0.3 is 5.97 Å². The van der Waals surface area contributed by atoms with Gasteiger partial charge in [-0.1, -0.05) is 36.4 Å². The first-order chi connectivity index (χ1) is 11.6. The van der Waals surface area contributed by atoms with E-state index in [1.165, 1.54) is 0 Å². The molecule has 0 saturated heterocycles. The summed E-state index contributed by atoms with van der Waals surface area (Å²) >= 11 is 0. The van der Waals surface area contributed by atoms with Crippen LogP contribution in [-0.2, 0) is 22.4 Å². The number of aliphatic carboxylic acids is 1. The molecular weight excluding hydrogens is 304 g/mol. The van der Waals surface area contributed by atoms with Crippen LogP contribution in [0, 0.1) is 5.92 Å². The molecule has 2 unspecified atom stereocenters. The number of benzene rings is 1. The molecule has 126 valence electrons. The molecule has 0 saturated carbocycles. The van der Waals surface area contributed by atoms with Crippen molar-refractivity contribution in [3.8, 4) is 0 Å². The van der Waals surface area contributed by atoms with Crippen LogP contribution in [0.5, 0.6) is 0 Å². The summed E-state index contributed by atoms with van der Waals surface area (Å²) in [6.07, 6.45) is 2.95. The molecule has 1 aromatic carbocycles. The number of aryl methyl sites for hydroxylation is 1. The molecule has 0 amide bonds. The molecule has 0 aliphatic rings. The van der Waals surface area contributed by atoms with Gasteiger partial charge in [0.1, 0.15) is 0 Å². The van der Waals surface area contributed by atoms with Crippen LogP contribution >= 0.6 is 0 Å². The fraction of sp³-hybridized carbons (Fsp3) is 0.316. The van der Waals surface area contributed by atoms with Crippen LogP contribution in [0.3, 0.4) is 0 Å². The molecule has 1 heterocycles. The number of carbonyl (C=O) groups excluding carboxylic acids is 1. The lowest BCUT2D eigenvalue weighted by Crippen LogP contribution is -2.35. The average Bonchev–Trinajstić information content (AvgIpc) is 2.59. The van der Waals surface area contributed by atoms with E-state index in [1.54, 1.807) is 6.20 Å². The molecular formula is C19H22N2O3. The van der Waals surface area contributed by atoms with Gasteiger partial charge in [0.25, 0.3) is 0 Å². The van der Waals surface area contributed by atoms with Crippen molar-refractivity contribution in [2.24, 2.45) is 11.7 Å². The molecule has 5 nitrogen and oxygen atoms in total. The Morgan fingerprint density at radius 2 is 1.79 bits per heavy atom. The molecule has 0 radical (unpaired) electrons. The zero-order valence-electron chi connectivity index (χ0n) is 13.5. The van der Waals surface area contributed by atoms with Crippen molar-refractivity contribution >= 4 is 11.8 Å². The number of nitrogens with two attached hydrogens (primary N) is 1. The van der Waals surface area contributed by atoms with Crippen molar-refractivity contribution in [2.75, 3.05) is 0 Å². The number of Topliss-reactive ketones (excluding diaryl/α,β-unsaturated/α-hetero) is 1. The Labute approximate surface area is 141 Å². The van der Waals surface area contributed by atoms with E-state index in [-0.39, 0.29) is 12.2 Å². The first-order valence-corrected chi connectivity index (χ1v) is 8.01. The number of hydrogen-bond acceptors (Lipinski definition) is 4. The van der Waals surface area contributed by atoms with Gasteiger partial charge < -0.3 is 10.8 Å². The summed E-state index contributed by atoms with van der Waals surface area (Å²) in [6, 6.07) is 14.3. The van der Waals surface area contributed by atoms with Gasteiger partial charge in [0.15, 0.2) is 5.78 Å². The topological polar surface area (TPSA) is 93.3 Å². The smallest absolute Gasteiger partial charge is 0.306 e. The van der Waals surface area contributed by atoms with E-state index in [4.69, 9.17) is 5.73 Å². The van der Waals surface area contributed by atoms with Gasteiger partial charge in [0.2, 0.25) is 0 Å². The van der Waals surface area contributed by atoms with Gasteiger partial charge in [-0.05, 0) is 37.0 Å². The Bertz CT molecular complexity index is 659. The van der Waals surface area contributed by atoms with Crippen molar-refractivity contribution in [3.05, 3.63) is 66.0 Å². The largest absolute Gasteiger partial charge is 0.481 e. The maximum atomic E-state index is 12.3. The summed E-state index contributed by atoms with van der Waals surface area (Å²) in [6.45, 7) is 0. The van der Waals surface area contributed by atoms with E-state index in [0.29, 0.717) is 19.3 Å². The normalized spacial score (nSPS) is 13.2. The van der Waals surface area contributed by atoms with Crippen molar-refractivity contribution in [1.82, 2.24) is 4.98 Å². The molecule has 0 aliphatic heterocycles. The molecule has 5 heteroatoms. The zero-order chi connectivity index (χ0) is 17.4. The second-order valence-corrected chi connectivity index (χ2v) is 5.86. The number of ketones is 1. The van der Waals surface area contributed by atoms with Gasteiger partial charge in [0.05, 0.1) is 12.0 Å². The molecule has 0 fully saturated rings. The number of nitrogens with zero attached hydrogens (tertiary/aromatic N) is 1. The minimum Gasteiger partial charge on any atom is -0.481 e. The lowest BCUT2D eigenvalue weighted by Gasteiger charge is -2.15. The highest BCUT2D eigenvalue weighted by Crippen LogP contribution is 2.15. The van der Waals surface area contributed by atoms with E-state index >= 15 is 0 Å². The molecule has 2 atom stereocenters. The number of carboxylic acids is 1. The predicted octanol–water partition coefficient (Wildman–Crippen LogP) is 2.24. The monoisotopic (exact) mass is 326 g/mol. The Balaban J connectivity index is 1.89. The van der Waals surface area contributed by atoms with E-state index in [0.717, 1.165) is 11.3 Å². The summed E-state index contributed by atoms with van der Waals surface area (Å²) in [4.78, 5) is 27.9. The maximum absolute atomic E-state index is 12.3. The van der Waals surface area contributed by atoms with Gasteiger partial charge in [-0.15, -0.1) is 0 Å². The first-order valence-electron chi connectivity index (χ1n) is 8.01. The Morgan fingerprint density at radius 1 is 1.08 bits per heavy atom. The fourth-order valence-corrected chi connectivity index (χ4v) is 2.56. The number of carboxylic acid groups (broad SMARTS) is 1. The zero-order valence-corrected chi connectivity index (χ0v) is 13.5. The number of aromatic nitrogens is 1. The number of carbonyl (C=O) groups is 2. The van der Waals surface area contributed by atoms with Crippen molar-refractivity contribution in [2.45, 2.75) is 31.7 Å². The van der Waals surface area contributed by atoms with Crippen LogP contribution < -0.4 is 5.73 Å².